The molecule has 2 saturated carbocycles. The molecule has 4 unspecified atom stereocenters. The molecule has 2 heterocycles. The van der Waals surface area contributed by atoms with Crippen molar-refractivity contribution in [3.05, 3.63) is 0 Å². The van der Waals surface area contributed by atoms with Gasteiger partial charge in [-0.15, -0.1) is 18.7 Å². The summed E-state index contributed by atoms with van der Waals surface area (Å²) in [4.78, 5) is 51.2. The zero-order chi connectivity index (χ0) is 27.2. The standard InChI is InChI=1S/C16H14F6N2O10S2/c17-15(18,19)35(29,30)33-23-11(25)5-1-2-6-10-8(4-3-7(9(5)10)13(23)27)14(28)24(12(6)26)34-36(31,32)16(20,21)22/h5-10H,1-4H2. The number of hydrogen-bond acceptors (Lipinski definition) is 10. The summed E-state index contributed by atoms with van der Waals surface area (Å²) < 4.78 is 129. The number of halogens is 6. The summed E-state index contributed by atoms with van der Waals surface area (Å²) in [5.74, 6) is -13.6. The summed E-state index contributed by atoms with van der Waals surface area (Å²) in [7, 11) is -12.8. The molecule has 2 saturated heterocycles. The van der Waals surface area contributed by atoms with E-state index in [-0.39, 0.29) is 25.7 Å². The summed E-state index contributed by atoms with van der Waals surface area (Å²) in [6, 6.07) is 0. The second-order valence-corrected chi connectivity index (χ2v) is 11.7. The van der Waals surface area contributed by atoms with Gasteiger partial charge in [0.15, 0.2) is 0 Å². The predicted octanol–water partition coefficient (Wildman–Crippen LogP) is 0.571. The molecular formula is C16H14F6N2O10S2. The van der Waals surface area contributed by atoms with Crippen LogP contribution in [-0.2, 0) is 48.0 Å². The molecule has 4 aliphatic rings. The Morgan fingerprint density at radius 1 is 0.556 bits per heavy atom. The van der Waals surface area contributed by atoms with Gasteiger partial charge in [-0.1, -0.05) is 0 Å². The third kappa shape index (κ3) is 3.88. The van der Waals surface area contributed by atoms with Gasteiger partial charge < -0.3 is 0 Å². The van der Waals surface area contributed by atoms with Gasteiger partial charge in [-0.25, -0.2) is 0 Å². The molecule has 12 nitrogen and oxygen atoms in total. The quantitative estimate of drug-likeness (QED) is 0.265. The van der Waals surface area contributed by atoms with Crippen molar-refractivity contribution >= 4 is 43.9 Å². The Balaban J connectivity index is 1.65. The minimum atomic E-state index is -6.39. The average Bonchev–Trinajstić information content (AvgIpc) is 2.74. The fourth-order valence-corrected chi connectivity index (χ4v) is 6.38. The maximum absolute atomic E-state index is 12.8. The number of rotatable bonds is 4. The van der Waals surface area contributed by atoms with E-state index in [2.05, 4.69) is 8.57 Å². The van der Waals surface area contributed by atoms with E-state index in [0.29, 0.717) is 0 Å². The van der Waals surface area contributed by atoms with Crippen LogP contribution in [0.4, 0.5) is 26.3 Å². The van der Waals surface area contributed by atoms with Gasteiger partial charge in [0.1, 0.15) is 0 Å². The summed E-state index contributed by atoms with van der Waals surface area (Å²) >= 11 is 0. The first-order chi connectivity index (χ1) is 16.3. The molecule has 4 fully saturated rings. The fraction of sp³-hybridized carbons (Fsp3) is 0.750. The minimum Gasteiger partial charge on any atom is -0.272 e. The number of alkyl halides is 6. The maximum Gasteiger partial charge on any atom is 0.525 e. The largest absolute Gasteiger partial charge is 0.525 e. The number of carbonyl (C=O) groups is 4. The van der Waals surface area contributed by atoms with Gasteiger partial charge >= 0.3 is 31.3 Å². The molecule has 4 atom stereocenters. The van der Waals surface area contributed by atoms with Crippen LogP contribution >= 0.6 is 0 Å². The normalized spacial score (nSPS) is 33.6. The molecule has 2 aliphatic heterocycles. The van der Waals surface area contributed by atoms with Crippen LogP contribution in [0.5, 0.6) is 0 Å². The number of hydroxylamine groups is 4. The van der Waals surface area contributed by atoms with Gasteiger partial charge in [-0.2, -0.15) is 43.2 Å². The van der Waals surface area contributed by atoms with Gasteiger partial charge in [0, 0.05) is 23.7 Å². The molecule has 2 aliphatic carbocycles. The fourth-order valence-electron chi connectivity index (χ4n) is 5.52. The van der Waals surface area contributed by atoms with Gasteiger partial charge in [-0.05, 0) is 37.5 Å². The summed E-state index contributed by atoms with van der Waals surface area (Å²) in [5.41, 5.74) is -11.9. The Kier molecular flexibility index (Phi) is 6.01. The van der Waals surface area contributed by atoms with Crippen molar-refractivity contribution in [2.75, 3.05) is 0 Å². The van der Waals surface area contributed by atoms with Crippen LogP contribution in [0.3, 0.4) is 0 Å². The highest BCUT2D eigenvalue weighted by molar-refractivity contribution is 7.87. The molecular weight excluding hydrogens is 558 g/mol. The maximum atomic E-state index is 12.8. The molecule has 0 radical (unpaired) electrons. The molecule has 0 N–H and O–H groups in total. The first kappa shape index (κ1) is 26.7. The Labute approximate surface area is 197 Å². The molecule has 0 bridgehead atoms. The lowest BCUT2D eigenvalue weighted by Crippen LogP contribution is -2.66. The molecule has 0 aromatic carbocycles. The van der Waals surface area contributed by atoms with Crippen molar-refractivity contribution in [1.29, 1.82) is 0 Å². The van der Waals surface area contributed by atoms with Crippen LogP contribution < -0.4 is 0 Å². The van der Waals surface area contributed by atoms with E-state index in [4.69, 9.17) is 0 Å². The first-order valence-corrected chi connectivity index (χ1v) is 12.9. The highest BCUT2D eigenvalue weighted by Gasteiger charge is 2.66. The average molecular weight is 572 g/mol. The lowest BCUT2D eigenvalue weighted by atomic mass is 9.51. The Bertz CT molecular complexity index is 1100. The molecule has 4 rings (SSSR count). The smallest absolute Gasteiger partial charge is 0.272 e. The van der Waals surface area contributed by atoms with E-state index in [0.717, 1.165) is 0 Å². The summed E-state index contributed by atoms with van der Waals surface area (Å²) in [6.45, 7) is 0. The van der Waals surface area contributed by atoms with Crippen LogP contribution in [0.15, 0.2) is 0 Å². The zero-order valence-electron chi connectivity index (χ0n) is 17.4. The van der Waals surface area contributed by atoms with Crippen molar-refractivity contribution in [3.63, 3.8) is 0 Å². The van der Waals surface area contributed by atoms with Crippen molar-refractivity contribution in [2.45, 2.75) is 36.7 Å². The highest BCUT2D eigenvalue weighted by Crippen LogP contribution is 2.57. The van der Waals surface area contributed by atoms with Crippen molar-refractivity contribution in [1.82, 2.24) is 10.1 Å². The number of carbonyl (C=O) groups excluding carboxylic acids is 4. The summed E-state index contributed by atoms with van der Waals surface area (Å²) in [5, 5.41) is -0.986. The first-order valence-electron chi connectivity index (χ1n) is 10.1. The van der Waals surface area contributed by atoms with Crippen LogP contribution in [0.1, 0.15) is 25.7 Å². The highest BCUT2D eigenvalue weighted by atomic mass is 32.2. The van der Waals surface area contributed by atoms with E-state index in [1.807, 2.05) is 0 Å². The molecule has 4 amide bonds. The van der Waals surface area contributed by atoms with Crippen LogP contribution in [-0.4, -0.2) is 61.6 Å². The minimum absolute atomic E-state index is 0.354. The molecule has 36 heavy (non-hydrogen) atoms. The van der Waals surface area contributed by atoms with E-state index in [9.17, 15) is 62.4 Å². The van der Waals surface area contributed by atoms with E-state index in [1.54, 1.807) is 0 Å². The number of imide groups is 2. The second-order valence-electron chi connectivity index (χ2n) is 8.63. The predicted molar refractivity (Wildman–Crippen MR) is 95.2 cm³/mol. The molecule has 0 spiro atoms. The third-order valence-electron chi connectivity index (χ3n) is 6.86. The number of amides is 4. The number of nitrogens with zero attached hydrogens (tertiary/aromatic N) is 2. The lowest BCUT2D eigenvalue weighted by Gasteiger charge is -2.56. The van der Waals surface area contributed by atoms with Crippen molar-refractivity contribution in [2.24, 2.45) is 35.5 Å². The molecule has 20 heteroatoms. The molecule has 0 aromatic heterocycles. The molecule has 0 aromatic rings. The van der Waals surface area contributed by atoms with Gasteiger partial charge in [0.2, 0.25) is 0 Å². The SMILES string of the molecule is O=C1C2CCC3C(=O)N(OS(=O)(=O)C(F)(F)F)C(=O)C4CCC(C(=O)N1OS(=O)(=O)C(F)(F)F)C2C34. The van der Waals surface area contributed by atoms with E-state index < -0.39 is 101 Å². The van der Waals surface area contributed by atoms with Gasteiger partial charge in [0.05, 0.1) is 0 Å². The third-order valence-corrected chi connectivity index (χ3v) is 8.69. The van der Waals surface area contributed by atoms with E-state index >= 15 is 0 Å². The monoisotopic (exact) mass is 572 g/mol. The van der Waals surface area contributed by atoms with Gasteiger partial charge in [-0.3, -0.25) is 19.2 Å². The Hall–Kier alpha value is -2.32. The van der Waals surface area contributed by atoms with Gasteiger partial charge in [0.25, 0.3) is 23.6 Å². The van der Waals surface area contributed by atoms with Crippen LogP contribution in [0.25, 0.3) is 0 Å². The number of piperidine rings is 2. The lowest BCUT2D eigenvalue weighted by molar-refractivity contribution is -0.216. The van der Waals surface area contributed by atoms with E-state index in [1.165, 1.54) is 0 Å². The van der Waals surface area contributed by atoms with Crippen LogP contribution in [0, 0.1) is 35.5 Å². The second kappa shape index (κ2) is 8.09. The summed E-state index contributed by atoms with van der Waals surface area (Å²) in [6.07, 6.45) is -1.42. The number of hydrogen-bond donors (Lipinski definition) is 0. The molecule has 202 valence electrons. The van der Waals surface area contributed by atoms with Crippen LogP contribution in [0.2, 0.25) is 0 Å². The Morgan fingerprint density at radius 2 is 0.778 bits per heavy atom. The van der Waals surface area contributed by atoms with Crippen molar-refractivity contribution < 1.29 is 70.9 Å². The Morgan fingerprint density at radius 3 is 0.972 bits per heavy atom. The zero-order valence-corrected chi connectivity index (χ0v) is 19.0. The van der Waals surface area contributed by atoms with Crippen molar-refractivity contribution in [3.8, 4) is 0 Å². The topological polar surface area (TPSA) is 161 Å².